The molecule has 1 fully saturated rings. The van der Waals surface area contributed by atoms with Crippen LogP contribution in [0.25, 0.3) is 0 Å². The van der Waals surface area contributed by atoms with Crippen molar-refractivity contribution >= 4 is 35.9 Å². The number of piperidine rings is 1. The van der Waals surface area contributed by atoms with Gasteiger partial charge in [-0.1, -0.05) is 13.8 Å². The molecule has 1 rings (SSSR count). The van der Waals surface area contributed by atoms with Crippen LogP contribution in [-0.2, 0) is 14.3 Å². The van der Waals surface area contributed by atoms with Crippen molar-refractivity contribution < 1.29 is 14.3 Å². The average molecular weight is 469 g/mol. The lowest BCUT2D eigenvalue weighted by atomic mass is 9.98. The number of nitrogens with one attached hydrogen (secondary N) is 1. The summed E-state index contributed by atoms with van der Waals surface area (Å²) in [6.45, 7) is 13.2. The third-order valence-corrected chi connectivity index (χ3v) is 4.01. The van der Waals surface area contributed by atoms with Crippen molar-refractivity contribution in [2.75, 3.05) is 46.0 Å². The molecule has 1 unspecified atom stereocenters. The van der Waals surface area contributed by atoms with Crippen LogP contribution in [0.3, 0.4) is 0 Å². The molecule has 1 atom stereocenters. The topological polar surface area (TPSA) is 63.2 Å². The minimum absolute atomic E-state index is 0. The summed E-state index contributed by atoms with van der Waals surface area (Å²) in [5, 5.41) is 3.32. The van der Waals surface area contributed by atoms with E-state index in [4.69, 9.17) is 9.47 Å². The summed E-state index contributed by atoms with van der Waals surface area (Å²) >= 11 is 0. The Kier molecular flexibility index (Phi) is 14.3. The Bertz CT molecular complexity index is 392. The third kappa shape index (κ3) is 10.2. The number of carbonyl (C=O) groups excluding carboxylic acids is 1. The lowest BCUT2D eigenvalue weighted by Gasteiger charge is -2.34. The van der Waals surface area contributed by atoms with Gasteiger partial charge >= 0.3 is 5.97 Å². The molecule has 0 spiro atoms. The molecule has 148 valence electrons. The van der Waals surface area contributed by atoms with E-state index < -0.39 is 0 Å². The van der Waals surface area contributed by atoms with E-state index in [1.165, 1.54) is 0 Å². The zero-order valence-corrected chi connectivity index (χ0v) is 18.6. The van der Waals surface area contributed by atoms with E-state index in [1.54, 1.807) is 0 Å². The molecule has 1 saturated heterocycles. The first-order chi connectivity index (χ1) is 11.6. The highest BCUT2D eigenvalue weighted by molar-refractivity contribution is 14.0. The fourth-order valence-corrected chi connectivity index (χ4v) is 2.69. The molecule has 0 aromatic heterocycles. The number of hydrogen-bond acceptors (Lipinski definition) is 4. The van der Waals surface area contributed by atoms with E-state index in [0.29, 0.717) is 32.2 Å². The number of ether oxygens (including phenoxy) is 2. The number of aliphatic imine (C=N–C) groups is 1. The van der Waals surface area contributed by atoms with Gasteiger partial charge in [0.15, 0.2) is 5.96 Å². The zero-order valence-electron chi connectivity index (χ0n) is 16.3. The molecule has 0 saturated carbocycles. The van der Waals surface area contributed by atoms with Crippen molar-refractivity contribution in [1.82, 2.24) is 10.2 Å². The molecular weight excluding hydrogens is 433 g/mol. The summed E-state index contributed by atoms with van der Waals surface area (Å²) in [5.41, 5.74) is 0. The predicted molar refractivity (Wildman–Crippen MR) is 113 cm³/mol. The monoisotopic (exact) mass is 469 g/mol. The van der Waals surface area contributed by atoms with E-state index >= 15 is 0 Å². The van der Waals surface area contributed by atoms with Crippen LogP contribution in [0.5, 0.6) is 0 Å². The summed E-state index contributed by atoms with van der Waals surface area (Å²) in [4.78, 5) is 18.8. The Balaban J connectivity index is 0.00000576. The van der Waals surface area contributed by atoms with Gasteiger partial charge in [-0.05, 0) is 39.0 Å². The van der Waals surface area contributed by atoms with Crippen molar-refractivity contribution in [3.05, 3.63) is 0 Å². The Morgan fingerprint density at radius 3 is 2.72 bits per heavy atom. The third-order valence-electron chi connectivity index (χ3n) is 4.01. The maximum Gasteiger partial charge on any atom is 0.310 e. The van der Waals surface area contributed by atoms with Crippen LogP contribution in [0.2, 0.25) is 0 Å². The zero-order chi connectivity index (χ0) is 17.8. The lowest BCUT2D eigenvalue weighted by molar-refractivity contribution is -0.149. The number of rotatable bonds is 9. The van der Waals surface area contributed by atoms with Crippen LogP contribution in [-0.4, -0.2) is 62.8 Å². The molecule has 0 aliphatic carbocycles. The molecule has 25 heavy (non-hydrogen) atoms. The molecule has 0 aromatic rings. The molecule has 1 aliphatic heterocycles. The second-order valence-electron chi connectivity index (χ2n) is 6.57. The van der Waals surface area contributed by atoms with Crippen LogP contribution in [0.4, 0.5) is 0 Å². The molecule has 1 aliphatic rings. The van der Waals surface area contributed by atoms with E-state index in [1.807, 2.05) is 6.92 Å². The molecule has 0 aromatic carbocycles. The largest absolute Gasteiger partial charge is 0.466 e. The lowest BCUT2D eigenvalue weighted by Crippen LogP contribution is -2.48. The number of halogens is 1. The number of nitrogens with zero attached hydrogens (tertiary/aromatic N) is 2. The minimum atomic E-state index is -0.0879. The van der Waals surface area contributed by atoms with E-state index in [0.717, 1.165) is 44.9 Å². The number of likely N-dealkylation sites (tertiary alicyclic amines) is 1. The number of carbonyl (C=O) groups is 1. The Morgan fingerprint density at radius 2 is 2.08 bits per heavy atom. The molecule has 0 amide bonds. The fourth-order valence-electron chi connectivity index (χ4n) is 2.69. The standard InChI is InChI=1S/C18H35N3O3.HI/c1-5-19-18(20-10-13-23-12-9-15(3)4)21-11-7-8-16(14-21)17(22)24-6-2;/h15-16H,5-14H2,1-4H3,(H,19,20);1H. The van der Waals surface area contributed by atoms with E-state index in [-0.39, 0.29) is 35.9 Å². The molecule has 7 heteroatoms. The summed E-state index contributed by atoms with van der Waals surface area (Å²) in [6.07, 6.45) is 2.96. The molecule has 1 heterocycles. The maximum absolute atomic E-state index is 12.0. The molecule has 0 radical (unpaired) electrons. The van der Waals surface area contributed by atoms with Crippen molar-refractivity contribution in [2.45, 2.75) is 47.0 Å². The molecular formula is C18H36IN3O3. The van der Waals surface area contributed by atoms with Crippen LogP contribution in [0.15, 0.2) is 4.99 Å². The Morgan fingerprint density at radius 1 is 1.32 bits per heavy atom. The Labute approximate surface area is 170 Å². The van der Waals surface area contributed by atoms with Crippen LogP contribution in [0, 0.1) is 11.8 Å². The van der Waals surface area contributed by atoms with Gasteiger partial charge in [0.1, 0.15) is 0 Å². The van der Waals surface area contributed by atoms with Gasteiger partial charge in [-0.25, -0.2) is 0 Å². The van der Waals surface area contributed by atoms with Crippen LogP contribution < -0.4 is 5.32 Å². The van der Waals surface area contributed by atoms with Crippen molar-refractivity contribution in [1.29, 1.82) is 0 Å². The summed E-state index contributed by atoms with van der Waals surface area (Å²) in [6, 6.07) is 0. The minimum Gasteiger partial charge on any atom is -0.466 e. The Hall–Kier alpha value is -0.570. The van der Waals surface area contributed by atoms with Crippen LogP contribution in [0.1, 0.15) is 47.0 Å². The summed E-state index contributed by atoms with van der Waals surface area (Å²) < 4.78 is 10.8. The summed E-state index contributed by atoms with van der Waals surface area (Å²) in [5.74, 6) is 1.40. The quantitative estimate of drug-likeness (QED) is 0.185. The average Bonchev–Trinajstić information content (AvgIpc) is 2.57. The van der Waals surface area contributed by atoms with Crippen molar-refractivity contribution in [3.63, 3.8) is 0 Å². The van der Waals surface area contributed by atoms with Gasteiger partial charge in [0, 0.05) is 26.2 Å². The molecule has 0 bridgehead atoms. The summed E-state index contributed by atoms with van der Waals surface area (Å²) in [7, 11) is 0. The first-order valence-electron chi connectivity index (χ1n) is 9.36. The van der Waals surface area contributed by atoms with Gasteiger partial charge in [-0.15, -0.1) is 24.0 Å². The van der Waals surface area contributed by atoms with E-state index in [2.05, 4.69) is 36.0 Å². The number of hydrogen-bond donors (Lipinski definition) is 1. The van der Waals surface area contributed by atoms with Gasteiger partial charge in [0.05, 0.1) is 25.7 Å². The predicted octanol–water partition coefficient (Wildman–Crippen LogP) is 2.91. The molecule has 6 nitrogen and oxygen atoms in total. The maximum atomic E-state index is 12.0. The highest BCUT2D eigenvalue weighted by Gasteiger charge is 2.28. The second-order valence-corrected chi connectivity index (χ2v) is 6.57. The van der Waals surface area contributed by atoms with Crippen molar-refractivity contribution in [2.24, 2.45) is 16.8 Å². The first kappa shape index (κ1) is 24.4. The van der Waals surface area contributed by atoms with Crippen molar-refractivity contribution in [3.8, 4) is 0 Å². The highest BCUT2D eigenvalue weighted by atomic mass is 127. The first-order valence-corrected chi connectivity index (χ1v) is 9.36. The van der Waals surface area contributed by atoms with Gasteiger partial charge < -0.3 is 19.7 Å². The van der Waals surface area contributed by atoms with Gasteiger partial charge in [-0.3, -0.25) is 9.79 Å². The SMILES string of the molecule is CCNC(=NCCOCCC(C)C)N1CCCC(C(=O)OCC)C1.I. The fraction of sp³-hybridized carbons (Fsp3) is 0.889. The van der Waals surface area contributed by atoms with Gasteiger partial charge in [0.25, 0.3) is 0 Å². The van der Waals surface area contributed by atoms with Crippen LogP contribution >= 0.6 is 24.0 Å². The smallest absolute Gasteiger partial charge is 0.310 e. The number of guanidine groups is 1. The second kappa shape index (κ2) is 14.6. The van der Waals surface area contributed by atoms with E-state index in [9.17, 15) is 4.79 Å². The van der Waals surface area contributed by atoms with Gasteiger partial charge in [0.2, 0.25) is 0 Å². The normalized spacial score (nSPS) is 18.0. The highest BCUT2D eigenvalue weighted by Crippen LogP contribution is 2.18. The van der Waals surface area contributed by atoms with Gasteiger partial charge in [-0.2, -0.15) is 0 Å². The molecule has 1 N–H and O–H groups in total. The number of esters is 1.